The van der Waals surface area contributed by atoms with Crippen molar-refractivity contribution >= 4 is 11.7 Å². The van der Waals surface area contributed by atoms with Gasteiger partial charge in [0.25, 0.3) is 0 Å². The maximum Gasteiger partial charge on any atom is 0.354 e. The normalized spacial score (nSPS) is 17.2. The Labute approximate surface area is 107 Å². The quantitative estimate of drug-likeness (QED) is 0.875. The van der Waals surface area contributed by atoms with Crippen LogP contribution in [0.15, 0.2) is 18.3 Å². The van der Waals surface area contributed by atoms with E-state index < -0.39 is 5.97 Å². The number of piperidine rings is 1. The summed E-state index contributed by atoms with van der Waals surface area (Å²) in [5.41, 5.74) is 1.11. The molecule has 1 N–H and O–H groups in total. The molecule has 0 radical (unpaired) electrons. The lowest BCUT2D eigenvalue weighted by molar-refractivity contribution is 0.0690. The lowest BCUT2D eigenvalue weighted by atomic mass is 10.0. The molecule has 0 amide bonds. The summed E-state index contributed by atoms with van der Waals surface area (Å²) in [5, 5.41) is 8.80. The van der Waals surface area contributed by atoms with Gasteiger partial charge in [0.15, 0.2) is 0 Å². The van der Waals surface area contributed by atoms with Crippen LogP contribution in [0.4, 0.5) is 5.69 Å². The van der Waals surface area contributed by atoms with E-state index in [0.29, 0.717) is 6.04 Å². The number of nitrogens with zero attached hydrogens (tertiary/aromatic N) is 3. The third-order valence-corrected chi connectivity index (χ3v) is 3.53. The summed E-state index contributed by atoms with van der Waals surface area (Å²) in [7, 11) is 4.23. The second-order valence-electron chi connectivity index (χ2n) is 4.89. The number of hydrogen-bond donors (Lipinski definition) is 1. The molecule has 0 spiro atoms. The maximum atomic E-state index is 10.7. The molecule has 1 aromatic rings. The molecule has 0 bridgehead atoms. The molecule has 5 nitrogen and oxygen atoms in total. The molecule has 0 unspecified atom stereocenters. The number of aromatic nitrogens is 1. The first kappa shape index (κ1) is 12.8. The largest absolute Gasteiger partial charge is 0.477 e. The lowest BCUT2D eigenvalue weighted by Gasteiger charge is -2.36. The van der Waals surface area contributed by atoms with Crippen LogP contribution in [0.1, 0.15) is 23.3 Å². The van der Waals surface area contributed by atoms with Gasteiger partial charge in [0, 0.05) is 19.1 Å². The van der Waals surface area contributed by atoms with Gasteiger partial charge in [-0.3, -0.25) is 0 Å². The van der Waals surface area contributed by atoms with Gasteiger partial charge >= 0.3 is 5.97 Å². The Hall–Kier alpha value is -1.62. The monoisotopic (exact) mass is 249 g/mol. The van der Waals surface area contributed by atoms with Gasteiger partial charge < -0.3 is 14.9 Å². The SMILES string of the molecule is CN(C)C1CCN(c2ccc(C(=O)O)nc2)CC1. The predicted molar refractivity (Wildman–Crippen MR) is 70.1 cm³/mol. The standard InChI is InChI=1S/C13H19N3O2/c1-15(2)10-5-7-16(8-6-10)11-3-4-12(13(17)18)14-9-11/h3-4,9-10H,5-8H2,1-2H3,(H,17,18). The molecule has 1 fully saturated rings. The van der Waals surface area contributed by atoms with Crippen LogP contribution in [0.2, 0.25) is 0 Å². The third kappa shape index (κ3) is 2.79. The molecule has 5 heteroatoms. The van der Waals surface area contributed by atoms with E-state index in [1.54, 1.807) is 12.3 Å². The first-order valence-electron chi connectivity index (χ1n) is 6.18. The third-order valence-electron chi connectivity index (χ3n) is 3.53. The van der Waals surface area contributed by atoms with Gasteiger partial charge in [0.1, 0.15) is 5.69 Å². The van der Waals surface area contributed by atoms with Crippen LogP contribution >= 0.6 is 0 Å². The van der Waals surface area contributed by atoms with Crippen molar-refractivity contribution < 1.29 is 9.90 Å². The van der Waals surface area contributed by atoms with E-state index in [-0.39, 0.29) is 5.69 Å². The minimum Gasteiger partial charge on any atom is -0.477 e. The molecule has 0 atom stereocenters. The van der Waals surface area contributed by atoms with Crippen LogP contribution in [0.5, 0.6) is 0 Å². The molecular weight excluding hydrogens is 230 g/mol. The maximum absolute atomic E-state index is 10.7. The highest BCUT2D eigenvalue weighted by Gasteiger charge is 2.20. The van der Waals surface area contributed by atoms with E-state index in [0.717, 1.165) is 31.6 Å². The van der Waals surface area contributed by atoms with Crippen molar-refractivity contribution in [3.8, 4) is 0 Å². The summed E-state index contributed by atoms with van der Waals surface area (Å²) in [6, 6.07) is 4.05. The number of carboxylic acid groups (broad SMARTS) is 1. The number of hydrogen-bond acceptors (Lipinski definition) is 4. The summed E-state index contributed by atoms with van der Waals surface area (Å²) in [6.45, 7) is 1.99. The Morgan fingerprint density at radius 3 is 2.50 bits per heavy atom. The molecule has 0 aromatic carbocycles. The van der Waals surface area contributed by atoms with E-state index >= 15 is 0 Å². The topological polar surface area (TPSA) is 56.7 Å². The van der Waals surface area contributed by atoms with E-state index in [2.05, 4.69) is 28.9 Å². The first-order chi connectivity index (χ1) is 8.58. The number of carboxylic acids is 1. The molecular formula is C13H19N3O2. The van der Waals surface area contributed by atoms with Gasteiger partial charge in [0.2, 0.25) is 0 Å². The summed E-state index contributed by atoms with van der Waals surface area (Å²) in [4.78, 5) is 19.2. The first-order valence-corrected chi connectivity index (χ1v) is 6.18. The number of pyridine rings is 1. The fourth-order valence-corrected chi connectivity index (χ4v) is 2.34. The molecule has 18 heavy (non-hydrogen) atoms. The van der Waals surface area contributed by atoms with Crippen LogP contribution in [-0.2, 0) is 0 Å². The van der Waals surface area contributed by atoms with Gasteiger partial charge in [-0.25, -0.2) is 9.78 Å². The van der Waals surface area contributed by atoms with Crippen molar-refractivity contribution in [2.45, 2.75) is 18.9 Å². The summed E-state index contributed by atoms with van der Waals surface area (Å²) >= 11 is 0. The Kier molecular flexibility index (Phi) is 3.81. The van der Waals surface area contributed by atoms with Crippen LogP contribution < -0.4 is 4.90 Å². The number of carbonyl (C=O) groups is 1. The Bertz CT molecular complexity index is 409. The number of rotatable bonds is 3. The van der Waals surface area contributed by atoms with E-state index in [1.165, 1.54) is 0 Å². The highest BCUT2D eigenvalue weighted by molar-refractivity contribution is 5.85. The van der Waals surface area contributed by atoms with E-state index in [1.807, 2.05) is 6.07 Å². The van der Waals surface area contributed by atoms with Gasteiger partial charge in [-0.15, -0.1) is 0 Å². The lowest BCUT2D eigenvalue weighted by Crippen LogP contribution is -2.42. The average molecular weight is 249 g/mol. The Balaban J connectivity index is 1.99. The van der Waals surface area contributed by atoms with E-state index in [4.69, 9.17) is 5.11 Å². The zero-order valence-electron chi connectivity index (χ0n) is 10.8. The molecule has 0 saturated carbocycles. The van der Waals surface area contributed by atoms with Crippen molar-refractivity contribution in [2.75, 3.05) is 32.1 Å². The zero-order chi connectivity index (χ0) is 13.1. The Morgan fingerprint density at radius 2 is 2.06 bits per heavy atom. The fraction of sp³-hybridized carbons (Fsp3) is 0.538. The molecule has 2 heterocycles. The fourth-order valence-electron chi connectivity index (χ4n) is 2.34. The molecule has 2 rings (SSSR count). The van der Waals surface area contributed by atoms with Gasteiger partial charge in [-0.2, -0.15) is 0 Å². The summed E-state index contributed by atoms with van der Waals surface area (Å²) in [6.07, 6.45) is 3.92. The highest BCUT2D eigenvalue weighted by atomic mass is 16.4. The van der Waals surface area contributed by atoms with Crippen LogP contribution in [0.25, 0.3) is 0 Å². The van der Waals surface area contributed by atoms with Crippen LogP contribution in [0.3, 0.4) is 0 Å². The molecule has 98 valence electrons. The zero-order valence-corrected chi connectivity index (χ0v) is 10.8. The van der Waals surface area contributed by atoms with Crippen molar-refractivity contribution in [3.05, 3.63) is 24.0 Å². The van der Waals surface area contributed by atoms with Crippen molar-refractivity contribution in [1.29, 1.82) is 0 Å². The smallest absolute Gasteiger partial charge is 0.354 e. The molecule has 1 aromatic heterocycles. The van der Waals surface area contributed by atoms with Crippen LogP contribution in [0, 0.1) is 0 Å². The summed E-state index contributed by atoms with van der Waals surface area (Å²) < 4.78 is 0. The summed E-state index contributed by atoms with van der Waals surface area (Å²) in [5.74, 6) is -0.979. The second-order valence-corrected chi connectivity index (χ2v) is 4.89. The van der Waals surface area contributed by atoms with E-state index in [9.17, 15) is 4.79 Å². The van der Waals surface area contributed by atoms with Gasteiger partial charge in [-0.05, 0) is 39.1 Å². The molecule has 1 saturated heterocycles. The molecule has 1 aliphatic rings. The second kappa shape index (κ2) is 5.35. The number of anilines is 1. The predicted octanol–water partition coefficient (Wildman–Crippen LogP) is 1.31. The molecule has 1 aliphatic heterocycles. The van der Waals surface area contributed by atoms with Crippen LogP contribution in [-0.4, -0.2) is 54.2 Å². The minimum atomic E-state index is -0.979. The van der Waals surface area contributed by atoms with Crippen molar-refractivity contribution in [1.82, 2.24) is 9.88 Å². The molecule has 0 aliphatic carbocycles. The van der Waals surface area contributed by atoms with Crippen molar-refractivity contribution in [2.24, 2.45) is 0 Å². The van der Waals surface area contributed by atoms with Gasteiger partial charge in [-0.1, -0.05) is 0 Å². The average Bonchev–Trinajstić information content (AvgIpc) is 2.39. The minimum absolute atomic E-state index is 0.0990. The highest BCUT2D eigenvalue weighted by Crippen LogP contribution is 2.21. The number of aromatic carboxylic acids is 1. The van der Waals surface area contributed by atoms with Gasteiger partial charge in [0.05, 0.1) is 11.9 Å². The van der Waals surface area contributed by atoms with Crippen molar-refractivity contribution in [3.63, 3.8) is 0 Å². The Morgan fingerprint density at radius 1 is 1.39 bits per heavy atom.